The lowest BCUT2D eigenvalue weighted by Crippen LogP contribution is -1.84. The number of aldehydes is 1. The first-order chi connectivity index (χ1) is 4.86. The number of hydrogen-bond acceptors (Lipinski definition) is 4. The van der Waals surface area contributed by atoms with Crippen LogP contribution < -0.4 is 0 Å². The normalized spacial score (nSPS) is 9.70. The molecular formula is C6H7NO2S. The van der Waals surface area contributed by atoms with Crippen molar-refractivity contribution >= 4 is 17.6 Å². The van der Waals surface area contributed by atoms with E-state index in [1.165, 1.54) is 11.3 Å². The topological polar surface area (TPSA) is 50.2 Å². The van der Waals surface area contributed by atoms with E-state index < -0.39 is 0 Å². The zero-order valence-electron chi connectivity index (χ0n) is 5.28. The molecule has 0 atom stereocenters. The van der Waals surface area contributed by atoms with Gasteiger partial charge in [-0.15, -0.1) is 11.3 Å². The summed E-state index contributed by atoms with van der Waals surface area (Å²) in [6.07, 6.45) is 2.92. The molecule has 1 aromatic heterocycles. The Labute approximate surface area is 62.3 Å². The third kappa shape index (κ3) is 1.62. The Kier molecular flexibility index (Phi) is 2.53. The van der Waals surface area contributed by atoms with Crippen LogP contribution in [0.4, 0.5) is 0 Å². The van der Waals surface area contributed by atoms with Crippen LogP contribution in [0.3, 0.4) is 0 Å². The quantitative estimate of drug-likeness (QED) is 0.649. The fourth-order valence-corrected chi connectivity index (χ4v) is 1.32. The fourth-order valence-electron chi connectivity index (χ4n) is 0.603. The van der Waals surface area contributed by atoms with Crippen LogP contribution in [0.5, 0.6) is 0 Å². The maximum absolute atomic E-state index is 10.1. The third-order valence-electron chi connectivity index (χ3n) is 1.03. The largest absolute Gasteiger partial charge is 0.396 e. The van der Waals surface area contributed by atoms with E-state index in [2.05, 4.69) is 4.98 Å². The van der Waals surface area contributed by atoms with Gasteiger partial charge in [-0.25, -0.2) is 4.98 Å². The van der Waals surface area contributed by atoms with E-state index in [9.17, 15) is 4.79 Å². The summed E-state index contributed by atoms with van der Waals surface area (Å²) in [5, 5.41) is 8.97. The number of aliphatic hydroxyl groups excluding tert-OH is 1. The Morgan fingerprint density at radius 1 is 1.80 bits per heavy atom. The number of hydrogen-bond donors (Lipinski definition) is 1. The minimum atomic E-state index is 0.112. The molecule has 10 heavy (non-hydrogen) atoms. The summed E-state index contributed by atoms with van der Waals surface area (Å²) >= 11 is 1.32. The molecule has 1 N–H and O–H groups in total. The number of nitrogens with zero attached hydrogens (tertiary/aromatic N) is 1. The van der Waals surface area contributed by atoms with Crippen molar-refractivity contribution < 1.29 is 9.90 Å². The highest BCUT2D eigenvalue weighted by Crippen LogP contribution is 2.10. The van der Waals surface area contributed by atoms with Crippen LogP contribution in [0, 0.1) is 0 Å². The van der Waals surface area contributed by atoms with Crippen molar-refractivity contribution in [1.29, 1.82) is 0 Å². The van der Waals surface area contributed by atoms with Crippen LogP contribution in [-0.4, -0.2) is 23.0 Å². The van der Waals surface area contributed by atoms with Gasteiger partial charge >= 0.3 is 0 Å². The van der Waals surface area contributed by atoms with Gasteiger partial charge in [0.2, 0.25) is 0 Å². The van der Waals surface area contributed by atoms with Gasteiger partial charge in [0.25, 0.3) is 0 Å². The Morgan fingerprint density at radius 2 is 2.60 bits per heavy atom. The lowest BCUT2D eigenvalue weighted by molar-refractivity contribution is 0.112. The molecule has 54 valence electrons. The summed E-state index contributed by atoms with van der Waals surface area (Å²) in [7, 11) is 0. The van der Waals surface area contributed by atoms with E-state index in [0.29, 0.717) is 17.7 Å². The van der Waals surface area contributed by atoms with Gasteiger partial charge in [-0.3, -0.25) is 4.79 Å². The van der Waals surface area contributed by atoms with Crippen LogP contribution in [0.15, 0.2) is 6.20 Å². The highest BCUT2D eigenvalue weighted by atomic mass is 32.1. The summed E-state index contributed by atoms with van der Waals surface area (Å²) in [4.78, 5) is 14.9. The van der Waals surface area contributed by atoms with E-state index in [4.69, 9.17) is 5.11 Å². The summed E-state index contributed by atoms with van der Waals surface area (Å²) in [5.74, 6) is 0. The summed E-state index contributed by atoms with van der Waals surface area (Å²) in [6.45, 7) is 0.112. The second-order valence-corrected chi connectivity index (χ2v) is 2.90. The number of rotatable bonds is 3. The maximum Gasteiger partial charge on any atom is 0.178 e. The number of aliphatic hydroxyl groups is 1. The first-order valence-corrected chi connectivity index (χ1v) is 3.69. The molecule has 0 aliphatic heterocycles. The molecule has 3 nitrogen and oxygen atoms in total. The molecular weight excluding hydrogens is 150 g/mol. The smallest absolute Gasteiger partial charge is 0.178 e. The molecule has 0 spiro atoms. The van der Waals surface area contributed by atoms with Crippen LogP contribution in [-0.2, 0) is 6.42 Å². The minimum absolute atomic E-state index is 0.112. The van der Waals surface area contributed by atoms with Crippen LogP contribution >= 0.6 is 11.3 Å². The maximum atomic E-state index is 10.1. The monoisotopic (exact) mass is 157 g/mol. The van der Waals surface area contributed by atoms with Gasteiger partial charge in [0.1, 0.15) is 0 Å². The third-order valence-corrected chi connectivity index (χ3v) is 2.01. The molecule has 0 aliphatic carbocycles. The minimum Gasteiger partial charge on any atom is -0.396 e. The van der Waals surface area contributed by atoms with E-state index in [-0.39, 0.29) is 6.61 Å². The molecule has 0 amide bonds. The van der Waals surface area contributed by atoms with Crippen molar-refractivity contribution in [2.75, 3.05) is 6.61 Å². The predicted octanol–water partition coefficient (Wildman–Crippen LogP) is 0.490. The van der Waals surface area contributed by atoms with Gasteiger partial charge in [0.15, 0.2) is 11.3 Å². The van der Waals surface area contributed by atoms with Crippen molar-refractivity contribution in [2.45, 2.75) is 6.42 Å². The van der Waals surface area contributed by atoms with Crippen molar-refractivity contribution in [1.82, 2.24) is 4.98 Å². The predicted molar refractivity (Wildman–Crippen MR) is 38.3 cm³/mol. The van der Waals surface area contributed by atoms with Gasteiger partial charge in [0, 0.05) is 24.1 Å². The van der Waals surface area contributed by atoms with Gasteiger partial charge in [-0.05, 0) is 0 Å². The number of aromatic nitrogens is 1. The second-order valence-electron chi connectivity index (χ2n) is 1.76. The zero-order valence-corrected chi connectivity index (χ0v) is 6.10. The molecule has 0 bridgehead atoms. The van der Waals surface area contributed by atoms with E-state index in [1.807, 2.05) is 0 Å². The average Bonchev–Trinajstić information content (AvgIpc) is 2.37. The molecule has 0 aromatic carbocycles. The van der Waals surface area contributed by atoms with E-state index >= 15 is 0 Å². The van der Waals surface area contributed by atoms with Gasteiger partial charge in [0.05, 0.1) is 0 Å². The van der Waals surface area contributed by atoms with Crippen molar-refractivity contribution in [3.63, 3.8) is 0 Å². The number of carbonyl (C=O) groups is 1. The van der Waals surface area contributed by atoms with Crippen molar-refractivity contribution in [3.05, 3.63) is 16.1 Å². The molecule has 0 fully saturated rings. The first kappa shape index (κ1) is 7.37. The molecule has 1 heterocycles. The Hall–Kier alpha value is -0.740. The molecule has 0 radical (unpaired) electrons. The standard InChI is InChI=1S/C6H7NO2S/c8-2-1-5-3-7-6(4-9)10-5/h3-4,8H,1-2H2. The summed E-state index contributed by atoms with van der Waals surface area (Å²) < 4.78 is 0. The fraction of sp³-hybridized carbons (Fsp3) is 0.333. The second kappa shape index (κ2) is 3.43. The van der Waals surface area contributed by atoms with E-state index in [0.717, 1.165) is 4.88 Å². The summed E-state index contributed by atoms with van der Waals surface area (Å²) in [5.41, 5.74) is 0. The molecule has 0 aliphatic rings. The molecule has 1 rings (SSSR count). The van der Waals surface area contributed by atoms with Gasteiger partial charge in [-0.2, -0.15) is 0 Å². The number of carbonyl (C=O) groups excluding carboxylic acids is 1. The SMILES string of the molecule is O=Cc1ncc(CCO)s1. The van der Waals surface area contributed by atoms with Crippen LogP contribution in [0.1, 0.15) is 14.7 Å². The molecule has 4 heteroatoms. The van der Waals surface area contributed by atoms with E-state index in [1.54, 1.807) is 6.20 Å². The Balaban J connectivity index is 2.68. The first-order valence-electron chi connectivity index (χ1n) is 2.87. The molecule has 0 unspecified atom stereocenters. The van der Waals surface area contributed by atoms with Gasteiger partial charge in [-0.1, -0.05) is 0 Å². The van der Waals surface area contributed by atoms with Crippen molar-refractivity contribution in [2.24, 2.45) is 0 Å². The molecule has 0 saturated heterocycles. The number of thiazole rings is 1. The van der Waals surface area contributed by atoms with Gasteiger partial charge < -0.3 is 5.11 Å². The lowest BCUT2D eigenvalue weighted by atomic mass is 10.4. The summed E-state index contributed by atoms with van der Waals surface area (Å²) in [6, 6.07) is 0. The zero-order chi connectivity index (χ0) is 7.40. The molecule has 1 aromatic rings. The molecule has 0 saturated carbocycles. The average molecular weight is 157 g/mol. The highest BCUT2D eigenvalue weighted by molar-refractivity contribution is 7.13. The highest BCUT2D eigenvalue weighted by Gasteiger charge is 1.98. The van der Waals surface area contributed by atoms with Crippen LogP contribution in [0.25, 0.3) is 0 Å². The Morgan fingerprint density at radius 3 is 3.10 bits per heavy atom. The Bertz CT molecular complexity index is 221. The van der Waals surface area contributed by atoms with Crippen LogP contribution in [0.2, 0.25) is 0 Å². The lowest BCUT2D eigenvalue weighted by Gasteiger charge is -1.84. The van der Waals surface area contributed by atoms with Crippen molar-refractivity contribution in [3.8, 4) is 0 Å².